The van der Waals surface area contributed by atoms with Crippen LogP contribution in [0.1, 0.15) is 27.2 Å². The molecule has 90 valence electrons. The van der Waals surface area contributed by atoms with Gasteiger partial charge in [-0.2, -0.15) is 4.98 Å². The zero-order valence-corrected chi connectivity index (χ0v) is 11.7. The SMILES string of the molecule is CCCN(CC)c1nc(NCC)ncc1Br. The summed E-state index contributed by atoms with van der Waals surface area (Å²) in [5.74, 6) is 1.66. The standard InChI is InChI=1S/C11H19BrN4/c1-4-7-16(6-3)10-9(12)8-14-11(15-10)13-5-2/h8H,4-7H2,1-3H3,(H,13,14,15). The van der Waals surface area contributed by atoms with Crippen LogP contribution in [-0.2, 0) is 0 Å². The molecule has 0 bridgehead atoms. The quantitative estimate of drug-likeness (QED) is 0.873. The summed E-state index contributed by atoms with van der Waals surface area (Å²) >= 11 is 3.50. The maximum absolute atomic E-state index is 4.51. The van der Waals surface area contributed by atoms with Gasteiger partial charge in [-0.15, -0.1) is 0 Å². The normalized spacial score (nSPS) is 10.2. The van der Waals surface area contributed by atoms with Crippen LogP contribution >= 0.6 is 15.9 Å². The highest BCUT2D eigenvalue weighted by atomic mass is 79.9. The van der Waals surface area contributed by atoms with Crippen LogP contribution in [0.3, 0.4) is 0 Å². The lowest BCUT2D eigenvalue weighted by Crippen LogP contribution is -2.25. The van der Waals surface area contributed by atoms with E-state index in [-0.39, 0.29) is 0 Å². The number of halogens is 1. The molecular weight excluding hydrogens is 268 g/mol. The van der Waals surface area contributed by atoms with Gasteiger partial charge >= 0.3 is 0 Å². The Hall–Kier alpha value is -0.840. The average molecular weight is 287 g/mol. The van der Waals surface area contributed by atoms with Gasteiger partial charge in [-0.3, -0.25) is 0 Å². The number of aromatic nitrogens is 2. The molecule has 0 aromatic carbocycles. The van der Waals surface area contributed by atoms with Crippen LogP contribution in [0.2, 0.25) is 0 Å². The minimum absolute atomic E-state index is 0.690. The van der Waals surface area contributed by atoms with E-state index in [4.69, 9.17) is 0 Å². The molecule has 0 fully saturated rings. The number of hydrogen-bond acceptors (Lipinski definition) is 4. The minimum atomic E-state index is 0.690. The molecule has 0 radical (unpaired) electrons. The molecule has 0 aliphatic heterocycles. The summed E-state index contributed by atoms with van der Waals surface area (Å²) in [6.07, 6.45) is 2.92. The highest BCUT2D eigenvalue weighted by Gasteiger charge is 2.10. The van der Waals surface area contributed by atoms with Crippen molar-refractivity contribution in [2.45, 2.75) is 27.2 Å². The van der Waals surface area contributed by atoms with Gasteiger partial charge in [-0.1, -0.05) is 6.92 Å². The van der Waals surface area contributed by atoms with Crippen LogP contribution < -0.4 is 10.2 Å². The first-order valence-corrected chi connectivity index (χ1v) is 6.53. The third-order valence-electron chi connectivity index (χ3n) is 2.24. The van der Waals surface area contributed by atoms with E-state index in [2.05, 4.69) is 50.0 Å². The Morgan fingerprint density at radius 1 is 1.38 bits per heavy atom. The zero-order chi connectivity index (χ0) is 12.0. The van der Waals surface area contributed by atoms with E-state index in [1.807, 2.05) is 6.92 Å². The molecule has 1 aromatic rings. The molecule has 1 rings (SSSR count). The van der Waals surface area contributed by atoms with Crippen LogP contribution in [0, 0.1) is 0 Å². The van der Waals surface area contributed by atoms with Crippen LogP contribution in [0.15, 0.2) is 10.7 Å². The first-order chi connectivity index (χ1) is 7.72. The van der Waals surface area contributed by atoms with E-state index in [9.17, 15) is 0 Å². The number of rotatable bonds is 6. The van der Waals surface area contributed by atoms with Crippen LogP contribution in [0.5, 0.6) is 0 Å². The van der Waals surface area contributed by atoms with Crippen LogP contribution in [0.4, 0.5) is 11.8 Å². The third kappa shape index (κ3) is 3.33. The molecule has 1 N–H and O–H groups in total. The Morgan fingerprint density at radius 2 is 2.12 bits per heavy atom. The Kier molecular flexibility index (Phi) is 5.52. The topological polar surface area (TPSA) is 41.1 Å². The maximum atomic E-state index is 4.51. The van der Waals surface area contributed by atoms with Crippen molar-refractivity contribution in [3.05, 3.63) is 10.7 Å². The van der Waals surface area contributed by atoms with E-state index in [0.29, 0.717) is 5.95 Å². The van der Waals surface area contributed by atoms with Crippen molar-refractivity contribution in [3.63, 3.8) is 0 Å². The second-order valence-corrected chi connectivity index (χ2v) is 4.33. The highest BCUT2D eigenvalue weighted by molar-refractivity contribution is 9.10. The summed E-state index contributed by atoms with van der Waals surface area (Å²) in [6, 6.07) is 0. The Balaban J connectivity index is 2.94. The largest absolute Gasteiger partial charge is 0.356 e. The van der Waals surface area contributed by atoms with Crippen molar-refractivity contribution in [1.29, 1.82) is 0 Å². The lowest BCUT2D eigenvalue weighted by atomic mass is 10.4. The molecule has 0 saturated heterocycles. The number of hydrogen-bond donors (Lipinski definition) is 1. The maximum Gasteiger partial charge on any atom is 0.224 e. The smallest absolute Gasteiger partial charge is 0.224 e. The monoisotopic (exact) mass is 286 g/mol. The molecule has 0 aliphatic carbocycles. The van der Waals surface area contributed by atoms with Crippen LogP contribution in [-0.4, -0.2) is 29.6 Å². The lowest BCUT2D eigenvalue weighted by Gasteiger charge is -2.22. The number of nitrogens with zero attached hydrogens (tertiary/aromatic N) is 3. The molecule has 0 amide bonds. The molecule has 0 saturated carbocycles. The van der Waals surface area contributed by atoms with Gasteiger partial charge in [-0.05, 0) is 36.2 Å². The van der Waals surface area contributed by atoms with Crippen molar-refractivity contribution in [2.75, 3.05) is 29.9 Å². The molecule has 5 heteroatoms. The van der Waals surface area contributed by atoms with Crippen LogP contribution in [0.25, 0.3) is 0 Å². The third-order valence-corrected chi connectivity index (χ3v) is 2.79. The van der Waals surface area contributed by atoms with E-state index in [1.165, 1.54) is 0 Å². The predicted octanol–water partition coefficient (Wildman–Crippen LogP) is 2.91. The van der Waals surface area contributed by atoms with Gasteiger partial charge < -0.3 is 10.2 Å². The molecule has 0 aliphatic rings. The van der Waals surface area contributed by atoms with Gasteiger partial charge in [0.25, 0.3) is 0 Å². The second kappa shape index (κ2) is 6.68. The Morgan fingerprint density at radius 3 is 2.69 bits per heavy atom. The van der Waals surface area contributed by atoms with E-state index < -0.39 is 0 Å². The highest BCUT2D eigenvalue weighted by Crippen LogP contribution is 2.24. The fourth-order valence-electron chi connectivity index (χ4n) is 1.51. The zero-order valence-electron chi connectivity index (χ0n) is 10.1. The van der Waals surface area contributed by atoms with Gasteiger partial charge in [0.15, 0.2) is 0 Å². The molecule has 1 aromatic heterocycles. The lowest BCUT2D eigenvalue weighted by molar-refractivity contribution is 0.774. The number of nitrogens with one attached hydrogen (secondary N) is 1. The van der Waals surface area contributed by atoms with Gasteiger partial charge in [-0.25, -0.2) is 4.98 Å². The predicted molar refractivity (Wildman–Crippen MR) is 72.1 cm³/mol. The van der Waals surface area contributed by atoms with E-state index >= 15 is 0 Å². The summed E-state index contributed by atoms with van der Waals surface area (Å²) in [4.78, 5) is 11.0. The Labute approximate surface area is 106 Å². The van der Waals surface area contributed by atoms with Gasteiger partial charge in [0.05, 0.1) is 4.47 Å². The second-order valence-electron chi connectivity index (χ2n) is 3.48. The average Bonchev–Trinajstić information content (AvgIpc) is 2.29. The molecule has 0 unspecified atom stereocenters. The molecule has 4 nitrogen and oxygen atoms in total. The van der Waals surface area contributed by atoms with Crippen molar-refractivity contribution >= 4 is 27.7 Å². The fourth-order valence-corrected chi connectivity index (χ4v) is 1.95. The van der Waals surface area contributed by atoms with Crippen molar-refractivity contribution in [1.82, 2.24) is 9.97 Å². The summed E-state index contributed by atoms with van der Waals surface area (Å²) in [5, 5.41) is 3.13. The van der Waals surface area contributed by atoms with Crippen molar-refractivity contribution in [3.8, 4) is 0 Å². The van der Waals surface area contributed by atoms with Gasteiger partial charge in [0.2, 0.25) is 5.95 Å². The Bertz CT molecular complexity index is 330. The molecule has 1 heterocycles. The minimum Gasteiger partial charge on any atom is -0.356 e. The summed E-state index contributed by atoms with van der Waals surface area (Å²) in [7, 11) is 0. The van der Waals surface area contributed by atoms with Gasteiger partial charge in [0.1, 0.15) is 5.82 Å². The molecular formula is C11H19BrN4. The number of anilines is 2. The van der Waals surface area contributed by atoms with Gasteiger partial charge in [0, 0.05) is 25.8 Å². The molecule has 0 spiro atoms. The fraction of sp³-hybridized carbons (Fsp3) is 0.636. The van der Waals surface area contributed by atoms with E-state index in [1.54, 1.807) is 6.20 Å². The molecule has 16 heavy (non-hydrogen) atoms. The first-order valence-electron chi connectivity index (χ1n) is 5.74. The molecule has 0 atom stereocenters. The van der Waals surface area contributed by atoms with Crippen molar-refractivity contribution in [2.24, 2.45) is 0 Å². The summed E-state index contributed by atoms with van der Waals surface area (Å²) in [6.45, 7) is 9.14. The first kappa shape index (κ1) is 13.2. The van der Waals surface area contributed by atoms with Crippen molar-refractivity contribution < 1.29 is 0 Å². The summed E-state index contributed by atoms with van der Waals surface area (Å²) in [5.41, 5.74) is 0. The van der Waals surface area contributed by atoms with E-state index in [0.717, 1.165) is 36.3 Å². The summed E-state index contributed by atoms with van der Waals surface area (Å²) < 4.78 is 0.949.